The third kappa shape index (κ3) is 3.25. The van der Waals surface area contributed by atoms with Crippen molar-refractivity contribution >= 4 is 27.3 Å². The monoisotopic (exact) mass is 299 g/mol. The molecule has 0 amide bonds. The molecule has 9 heteroatoms. The lowest BCUT2D eigenvalue weighted by Crippen LogP contribution is -2.23. The zero-order valence-electron chi connectivity index (χ0n) is 10.4. The van der Waals surface area contributed by atoms with E-state index in [1.54, 1.807) is 12.6 Å². The number of aryl methyl sites for hydroxylation is 1. The van der Waals surface area contributed by atoms with Crippen molar-refractivity contribution in [1.29, 1.82) is 0 Å². The summed E-state index contributed by atoms with van der Waals surface area (Å²) in [4.78, 5) is 12.7. The molecule has 0 fully saturated rings. The van der Waals surface area contributed by atoms with Gasteiger partial charge in [-0.25, -0.2) is 28.1 Å². The third-order valence-corrected chi connectivity index (χ3v) is 4.72. The van der Waals surface area contributed by atoms with Crippen molar-refractivity contribution in [2.24, 2.45) is 0 Å². The maximum absolute atomic E-state index is 12.0. The van der Waals surface area contributed by atoms with Gasteiger partial charge in [0.05, 0.1) is 23.6 Å². The fourth-order valence-electron chi connectivity index (χ4n) is 1.32. The van der Waals surface area contributed by atoms with Gasteiger partial charge in [-0.15, -0.1) is 11.3 Å². The molecule has 102 valence electrons. The summed E-state index contributed by atoms with van der Waals surface area (Å²) in [6.45, 7) is 2.05. The molecule has 0 aliphatic heterocycles. The molecule has 0 radical (unpaired) electrons. The Morgan fingerprint density at radius 2 is 1.95 bits per heavy atom. The predicted molar refractivity (Wildman–Crippen MR) is 72.5 cm³/mol. The zero-order valence-corrected chi connectivity index (χ0v) is 12.0. The minimum atomic E-state index is -3.60. The van der Waals surface area contributed by atoms with E-state index in [0.717, 1.165) is 10.6 Å². The van der Waals surface area contributed by atoms with Crippen LogP contribution in [0.3, 0.4) is 0 Å². The van der Waals surface area contributed by atoms with Crippen LogP contribution in [-0.4, -0.2) is 30.4 Å². The van der Waals surface area contributed by atoms with Crippen LogP contribution in [0.25, 0.3) is 0 Å². The van der Waals surface area contributed by atoms with Crippen molar-refractivity contribution < 1.29 is 8.42 Å². The molecule has 0 aliphatic carbocycles. The number of sulfonamides is 1. The second-order valence-corrected chi connectivity index (χ2v) is 6.38. The highest BCUT2D eigenvalue weighted by Gasteiger charge is 2.15. The largest absolute Gasteiger partial charge is 0.357 e. The van der Waals surface area contributed by atoms with E-state index in [-0.39, 0.29) is 11.4 Å². The summed E-state index contributed by atoms with van der Waals surface area (Å²) in [7, 11) is -1.94. The smallest absolute Gasteiger partial charge is 0.243 e. The summed E-state index contributed by atoms with van der Waals surface area (Å²) >= 11 is 1.41. The van der Waals surface area contributed by atoms with Gasteiger partial charge in [-0.3, -0.25) is 0 Å². The molecular weight excluding hydrogens is 286 g/mol. The number of thiazole rings is 1. The maximum Gasteiger partial charge on any atom is 0.243 e. The van der Waals surface area contributed by atoms with Crippen molar-refractivity contribution in [2.75, 3.05) is 12.4 Å². The van der Waals surface area contributed by atoms with Crippen molar-refractivity contribution in [3.8, 4) is 0 Å². The Morgan fingerprint density at radius 3 is 2.47 bits per heavy atom. The molecule has 7 nitrogen and oxygen atoms in total. The molecular formula is C10H13N5O2S2. The van der Waals surface area contributed by atoms with Gasteiger partial charge < -0.3 is 5.32 Å². The Labute approximate surface area is 115 Å². The molecule has 0 aliphatic rings. The summed E-state index contributed by atoms with van der Waals surface area (Å²) in [6.07, 6.45) is 2.53. The van der Waals surface area contributed by atoms with E-state index in [1.807, 2.05) is 6.92 Å². The number of hydrogen-bond acceptors (Lipinski definition) is 7. The first-order valence-corrected chi connectivity index (χ1v) is 7.77. The standard InChI is InChI=1S/C10H13N5O2S2/c1-7-9(18-6-14-7)5-15-19(16,17)8-3-12-10(11-2)13-4-8/h3-4,6,15H,5H2,1-2H3,(H,11,12,13). The molecule has 0 saturated carbocycles. The zero-order chi connectivity index (χ0) is 13.9. The number of nitrogens with zero attached hydrogens (tertiary/aromatic N) is 3. The van der Waals surface area contributed by atoms with Gasteiger partial charge in [0.2, 0.25) is 16.0 Å². The molecule has 2 rings (SSSR count). The van der Waals surface area contributed by atoms with Crippen LogP contribution in [0.1, 0.15) is 10.6 Å². The van der Waals surface area contributed by atoms with Gasteiger partial charge in [-0.1, -0.05) is 0 Å². The highest BCUT2D eigenvalue weighted by Crippen LogP contribution is 2.13. The Bertz CT molecular complexity index is 651. The quantitative estimate of drug-likeness (QED) is 0.846. The number of aromatic nitrogens is 3. The Balaban J connectivity index is 2.11. The molecule has 19 heavy (non-hydrogen) atoms. The SMILES string of the molecule is CNc1ncc(S(=O)(=O)NCc2scnc2C)cn1. The van der Waals surface area contributed by atoms with Crippen LogP contribution in [0, 0.1) is 6.92 Å². The number of nitrogens with one attached hydrogen (secondary N) is 2. The Morgan fingerprint density at radius 1 is 1.26 bits per heavy atom. The highest BCUT2D eigenvalue weighted by atomic mass is 32.2. The third-order valence-electron chi connectivity index (χ3n) is 2.43. The first kappa shape index (κ1) is 13.8. The van der Waals surface area contributed by atoms with E-state index in [0.29, 0.717) is 5.95 Å². The molecule has 0 saturated heterocycles. The summed E-state index contributed by atoms with van der Waals surface area (Å²) in [5.74, 6) is 0.372. The Hall–Kier alpha value is -1.58. The van der Waals surface area contributed by atoms with Gasteiger partial charge in [0.1, 0.15) is 4.90 Å². The van der Waals surface area contributed by atoms with Crippen LogP contribution in [0.5, 0.6) is 0 Å². The Kier molecular flexibility index (Phi) is 4.08. The van der Waals surface area contributed by atoms with Crippen LogP contribution >= 0.6 is 11.3 Å². The molecule has 2 aromatic rings. The molecule has 0 bridgehead atoms. The lowest BCUT2D eigenvalue weighted by Gasteiger charge is -2.06. The van der Waals surface area contributed by atoms with E-state index < -0.39 is 10.0 Å². The average molecular weight is 299 g/mol. The van der Waals surface area contributed by atoms with E-state index in [9.17, 15) is 8.42 Å². The second kappa shape index (κ2) is 5.59. The van der Waals surface area contributed by atoms with E-state index in [1.165, 1.54) is 23.7 Å². The van der Waals surface area contributed by atoms with E-state index >= 15 is 0 Å². The first-order valence-electron chi connectivity index (χ1n) is 5.41. The van der Waals surface area contributed by atoms with Crippen molar-refractivity contribution in [2.45, 2.75) is 18.4 Å². The fourth-order valence-corrected chi connectivity index (χ4v) is 3.02. The number of hydrogen-bond donors (Lipinski definition) is 2. The van der Waals surface area contributed by atoms with E-state index in [4.69, 9.17) is 0 Å². The van der Waals surface area contributed by atoms with Gasteiger partial charge >= 0.3 is 0 Å². The predicted octanol–water partition coefficient (Wildman–Crippen LogP) is 0.762. The first-order chi connectivity index (χ1) is 9.03. The normalized spacial score (nSPS) is 11.5. The lowest BCUT2D eigenvalue weighted by molar-refractivity contribution is 0.580. The summed E-state index contributed by atoms with van der Waals surface area (Å²) < 4.78 is 26.5. The number of rotatable bonds is 5. The van der Waals surface area contributed by atoms with Gasteiger partial charge in [-0.2, -0.15) is 0 Å². The van der Waals surface area contributed by atoms with Crippen LogP contribution in [0.2, 0.25) is 0 Å². The van der Waals surface area contributed by atoms with Gasteiger partial charge in [0.15, 0.2) is 0 Å². The van der Waals surface area contributed by atoms with Gasteiger partial charge in [-0.05, 0) is 6.92 Å². The minimum absolute atomic E-state index is 0.0358. The van der Waals surface area contributed by atoms with E-state index in [2.05, 4.69) is 25.0 Å². The fraction of sp³-hybridized carbons (Fsp3) is 0.300. The summed E-state index contributed by atoms with van der Waals surface area (Å²) in [6, 6.07) is 0. The van der Waals surface area contributed by atoms with Crippen LogP contribution < -0.4 is 10.0 Å². The minimum Gasteiger partial charge on any atom is -0.357 e. The van der Waals surface area contributed by atoms with Crippen molar-refractivity contribution in [1.82, 2.24) is 19.7 Å². The molecule has 0 atom stereocenters. The average Bonchev–Trinajstić information content (AvgIpc) is 2.82. The topological polar surface area (TPSA) is 96.9 Å². The summed E-state index contributed by atoms with van der Waals surface area (Å²) in [5.41, 5.74) is 2.51. The molecule has 2 heterocycles. The van der Waals surface area contributed by atoms with Crippen LogP contribution in [-0.2, 0) is 16.6 Å². The van der Waals surface area contributed by atoms with Crippen molar-refractivity contribution in [3.05, 3.63) is 28.5 Å². The molecule has 2 aromatic heterocycles. The summed E-state index contributed by atoms with van der Waals surface area (Å²) in [5, 5.41) is 2.72. The molecule has 0 unspecified atom stereocenters. The maximum atomic E-state index is 12.0. The second-order valence-electron chi connectivity index (χ2n) is 3.68. The lowest BCUT2D eigenvalue weighted by atomic mass is 10.4. The molecule has 0 aromatic carbocycles. The highest BCUT2D eigenvalue weighted by molar-refractivity contribution is 7.89. The van der Waals surface area contributed by atoms with Crippen LogP contribution in [0.4, 0.5) is 5.95 Å². The van der Waals surface area contributed by atoms with Gasteiger partial charge in [0.25, 0.3) is 0 Å². The molecule has 2 N–H and O–H groups in total. The van der Waals surface area contributed by atoms with Gasteiger partial charge in [0, 0.05) is 18.5 Å². The van der Waals surface area contributed by atoms with Crippen LogP contribution in [0.15, 0.2) is 22.8 Å². The number of anilines is 1. The molecule has 0 spiro atoms. The van der Waals surface area contributed by atoms with Crippen molar-refractivity contribution in [3.63, 3.8) is 0 Å².